The quantitative estimate of drug-likeness (QED) is 0.378. The van der Waals surface area contributed by atoms with Crippen LogP contribution in [0.1, 0.15) is 34.8 Å². The predicted octanol–water partition coefficient (Wildman–Crippen LogP) is 3.92. The van der Waals surface area contributed by atoms with Gasteiger partial charge in [0.05, 0.1) is 42.0 Å². The fraction of sp³-hybridized carbons (Fsp3) is 0.259. The molecule has 39 heavy (non-hydrogen) atoms. The molecule has 1 atom stereocenters. The average molecular weight is 544 g/mol. The van der Waals surface area contributed by atoms with Gasteiger partial charge < -0.3 is 9.72 Å². The number of nitrogens with zero attached hydrogens (tertiary/aromatic N) is 8. The lowest BCUT2D eigenvalue weighted by Gasteiger charge is -2.20. The maximum atomic E-state index is 14.5. The summed E-state index contributed by atoms with van der Waals surface area (Å²) in [6.07, 6.45) is 17.8. The van der Waals surface area contributed by atoms with Crippen LogP contribution in [0.4, 0.5) is 4.39 Å². The Kier molecular flexibility index (Phi) is 5.55. The van der Waals surface area contributed by atoms with Crippen LogP contribution in [0.5, 0.6) is 0 Å². The van der Waals surface area contributed by atoms with Crippen molar-refractivity contribution in [2.75, 3.05) is 0 Å². The number of carbonyl (C=O) groups is 1. The third-order valence-electron chi connectivity index (χ3n) is 7.17. The van der Waals surface area contributed by atoms with E-state index in [1.54, 1.807) is 23.4 Å². The largest absolute Gasteiger partial charge is 0.345 e. The second kappa shape index (κ2) is 9.12. The summed E-state index contributed by atoms with van der Waals surface area (Å²) in [7, 11) is 0. The smallest absolute Gasteiger partial charge is 0.273 e. The molecule has 0 aromatic carbocycles. The summed E-state index contributed by atoms with van der Waals surface area (Å²) in [4.78, 5) is 21.3. The third-order valence-corrected chi connectivity index (χ3v) is 7.46. The molecule has 0 saturated heterocycles. The van der Waals surface area contributed by atoms with E-state index in [-0.39, 0.29) is 28.7 Å². The zero-order valence-corrected chi connectivity index (χ0v) is 21.7. The lowest BCUT2D eigenvalue weighted by molar-refractivity contribution is 0.0945. The number of halogens is 2. The molecule has 1 N–H and O–H groups in total. The standard InChI is InChI=1S/C27H23ClFN9O/c1-15-31-14-38(34-15)24-9-18(17-2-3-17)8-19-6-16(7-20(19)24)11-37-12-23(33-35-37)27(39)30-10-22-26-25(29)21(28)4-5-36(26)13-32-22/h4-9,12-14,17,19H,2-3,10-11H2,1H3,(H,30,39). The molecule has 0 radical (unpaired) electrons. The fourth-order valence-corrected chi connectivity index (χ4v) is 5.25. The highest BCUT2D eigenvalue weighted by molar-refractivity contribution is 6.31. The Bertz CT molecular complexity index is 1770. The Morgan fingerprint density at radius 1 is 1.21 bits per heavy atom. The first-order valence-corrected chi connectivity index (χ1v) is 13.0. The number of hydrogen-bond acceptors (Lipinski definition) is 6. The number of aryl methyl sites for hydroxylation is 1. The molecule has 4 heterocycles. The molecule has 1 amide bonds. The minimum absolute atomic E-state index is 0.00665. The SMILES string of the molecule is Cc1ncn(C2=CC(C3CC3)=CC3C=C(Cn4cc(C(=O)NCc5ncn6ccc(Cl)c(F)c56)nn4)C=C23)n1. The zero-order chi connectivity index (χ0) is 26.7. The summed E-state index contributed by atoms with van der Waals surface area (Å²) in [5.74, 6) is 0.493. The maximum absolute atomic E-state index is 14.5. The van der Waals surface area contributed by atoms with E-state index in [0.29, 0.717) is 18.2 Å². The molecule has 3 aliphatic rings. The lowest BCUT2D eigenvalue weighted by atomic mass is 9.89. The van der Waals surface area contributed by atoms with Crippen LogP contribution in [0.25, 0.3) is 11.2 Å². The fourth-order valence-electron chi connectivity index (χ4n) is 5.11. The van der Waals surface area contributed by atoms with Crippen LogP contribution < -0.4 is 5.32 Å². The number of carbonyl (C=O) groups excluding carboxylic acids is 1. The average Bonchev–Trinajstić information content (AvgIpc) is 3.26. The van der Waals surface area contributed by atoms with Crippen molar-refractivity contribution in [3.05, 3.63) is 100 Å². The van der Waals surface area contributed by atoms with Crippen LogP contribution in [-0.2, 0) is 13.1 Å². The molecule has 12 heteroatoms. The predicted molar refractivity (Wildman–Crippen MR) is 141 cm³/mol. The molecule has 1 unspecified atom stereocenters. The Morgan fingerprint density at radius 2 is 2.08 bits per heavy atom. The molecule has 4 aromatic heterocycles. The number of rotatable bonds is 7. The van der Waals surface area contributed by atoms with E-state index < -0.39 is 11.7 Å². The number of nitrogens with one attached hydrogen (secondary N) is 1. The first-order valence-electron chi connectivity index (χ1n) is 12.7. The number of imidazole rings is 1. The van der Waals surface area contributed by atoms with E-state index in [2.05, 4.69) is 55.0 Å². The van der Waals surface area contributed by atoms with Crippen LogP contribution in [-0.4, -0.2) is 45.1 Å². The minimum Gasteiger partial charge on any atom is -0.345 e. The third kappa shape index (κ3) is 4.38. The summed E-state index contributed by atoms with van der Waals surface area (Å²) in [6.45, 7) is 2.36. The first kappa shape index (κ1) is 23.7. The molecule has 0 aliphatic heterocycles. The zero-order valence-electron chi connectivity index (χ0n) is 20.9. The minimum atomic E-state index is -0.581. The second-order valence-electron chi connectivity index (χ2n) is 9.98. The van der Waals surface area contributed by atoms with Crippen molar-refractivity contribution < 1.29 is 9.18 Å². The van der Waals surface area contributed by atoms with Gasteiger partial charge in [0, 0.05) is 12.1 Å². The van der Waals surface area contributed by atoms with E-state index >= 15 is 0 Å². The van der Waals surface area contributed by atoms with E-state index in [4.69, 9.17) is 11.6 Å². The van der Waals surface area contributed by atoms with Gasteiger partial charge in [0.15, 0.2) is 11.5 Å². The summed E-state index contributed by atoms with van der Waals surface area (Å²) in [5.41, 5.74) is 5.38. The van der Waals surface area contributed by atoms with Crippen LogP contribution in [0.3, 0.4) is 0 Å². The summed E-state index contributed by atoms with van der Waals surface area (Å²) < 4.78 is 19.5. The maximum Gasteiger partial charge on any atom is 0.273 e. The number of fused-ring (bicyclic) bond motifs is 2. The van der Waals surface area contributed by atoms with Gasteiger partial charge in [0.2, 0.25) is 0 Å². The van der Waals surface area contributed by atoms with Gasteiger partial charge in [-0.25, -0.2) is 23.7 Å². The van der Waals surface area contributed by atoms with Gasteiger partial charge in [0.25, 0.3) is 5.91 Å². The van der Waals surface area contributed by atoms with Crippen molar-refractivity contribution in [1.29, 1.82) is 0 Å². The van der Waals surface area contributed by atoms with Crippen molar-refractivity contribution in [1.82, 2.24) is 44.5 Å². The van der Waals surface area contributed by atoms with Crippen LogP contribution in [0.15, 0.2) is 72.1 Å². The van der Waals surface area contributed by atoms with Gasteiger partial charge in [-0.3, -0.25) is 4.79 Å². The van der Waals surface area contributed by atoms with Crippen LogP contribution in [0, 0.1) is 24.6 Å². The highest BCUT2D eigenvalue weighted by atomic mass is 35.5. The first-order chi connectivity index (χ1) is 18.9. The van der Waals surface area contributed by atoms with Gasteiger partial charge in [-0.2, -0.15) is 5.10 Å². The van der Waals surface area contributed by atoms with Gasteiger partial charge >= 0.3 is 0 Å². The molecule has 4 aromatic rings. The molecule has 1 fully saturated rings. The van der Waals surface area contributed by atoms with Gasteiger partial charge in [0.1, 0.15) is 17.7 Å². The highest BCUT2D eigenvalue weighted by Crippen LogP contribution is 2.45. The lowest BCUT2D eigenvalue weighted by Crippen LogP contribution is -2.23. The van der Waals surface area contributed by atoms with Crippen LogP contribution >= 0.6 is 11.6 Å². The molecule has 7 rings (SSSR count). The summed E-state index contributed by atoms with van der Waals surface area (Å²) >= 11 is 5.91. The van der Waals surface area contributed by atoms with Crippen molar-refractivity contribution in [2.24, 2.45) is 11.8 Å². The number of aromatic nitrogens is 8. The summed E-state index contributed by atoms with van der Waals surface area (Å²) in [5, 5.41) is 15.5. The van der Waals surface area contributed by atoms with E-state index in [0.717, 1.165) is 22.7 Å². The van der Waals surface area contributed by atoms with Crippen molar-refractivity contribution in [3.8, 4) is 0 Å². The van der Waals surface area contributed by atoms with E-state index in [1.165, 1.54) is 35.2 Å². The van der Waals surface area contributed by atoms with Crippen molar-refractivity contribution >= 4 is 28.7 Å². The Balaban J connectivity index is 1.06. The Morgan fingerprint density at radius 3 is 2.87 bits per heavy atom. The second-order valence-corrected chi connectivity index (χ2v) is 10.4. The number of amides is 1. The molecular weight excluding hydrogens is 521 g/mol. The molecule has 0 bridgehead atoms. The van der Waals surface area contributed by atoms with E-state index in [1.807, 2.05) is 11.6 Å². The molecule has 1 saturated carbocycles. The van der Waals surface area contributed by atoms with Gasteiger partial charge in [-0.1, -0.05) is 35.0 Å². The molecular formula is C27H23ClFN9O. The van der Waals surface area contributed by atoms with E-state index in [9.17, 15) is 9.18 Å². The molecule has 3 aliphatic carbocycles. The molecule has 196 valence electrons. The van der Waals surface area contributed by atoms with Crippen LogP contribution in [0.2, 0.25) is 5.02 Å². The molecule has 10 nitrogen and oxygen atoms in total. The topological polar surface area (TPSA) is 108 Å². The van der Waals surface area contributed by atoms with Gasteiger partial charge in [-0.05, 0) is 54.5 Å². The van der Waals surface area contributed by atoms with Crippen molar-refractivity contribution in [2.45, 2.75) is 32.9 Å². The Labute approximate surface area is 227 Å². The number of hydrogen-bond donors (Lipinski definition) is 1. The monoisotopic (exact) mass is 543 g/mol. The summed E-state index contributed by atoms with van der Waals surface area (Å²) in [6, 6.07) is 1.45. The Hall–Kier alpha value is -4.38. The molecule has 0 spiro atoms. The van der Waals surface area contributed by atoms with Gasteiger partial charge in [-0.15, -0.1) is 5.10 Å². The highest BCUT2D eigenvalue weighted by Gasteiger charge is 2.32. The number of pyridine rings is 1. The number of allylic oxidation sites excluding steroid dienone is 8. The normalized spacial score (nSPS) is 18.5. The van der Waals surface area contributed by atoms with Crippen molar-refractivity contribution in [3.63, 3.8) is 0 Å².